The number of ether oxygens (including phenoxy) is 1. The van der Waals surface area contributed by atoms with Crippen LogP contribution < -0.4 is 4.74 Å². The Morgan fingerprint density at radius 3 is 2.47 bits per heavy atom. The van der Waals surface area contributed by atoms with Crippen LogP contribution in [0.4, 0.5) is 4.39 Å². The van der Waals surface area contributed by atoms with Crippen molar-refractivity contribution in [1.29, 1.82) is 0 Å². The van der Waals surface area contributed by atoms with E-state index in [0.717, 1.165) is 41.7 Å². The molecule has 2 aliphatic carbocycles. The molecule has 4 unspecified atom stereocenters. The Morgan fingerprint density at radius 1 is 1.00 bits per heavy atom. The van der Waals surface area contributed by atoms with Crippen LogP contribution >= 0.6 is 0 Å². The molecule has 0 aliphatic heterocycles. The summed E-state index contributed by atoms with van der Waals surface area (Å²) in [5, 5.41) is 0. The Hall–Kier alpha value is -2.42. The molecule has 0 bridgehead atoms. The fourth-order valence-electron chi connectivity index (χ4n) is 5.39. The van der Waals surface area contributed by atoms with Gasteiger partial charge in [0, 0.05) is 0 Å². The van der Waals surface area contributed by atoms with E-state index in [1.54, 1.807) is 24.3 Å². The van der Waals surface area contributed by atoms with Crippen molar-refractivity contribution in [2.24, 2.45) is 17.8 Å². The first-order valence-corrected chi connectivity index (χ1v) is 11.2. The van der Waals surface area contributed by atoms with Gasteiger partial charge in [0.1, 0.15) is 11.6 Å². The van der Waals surface area contributed by atoms with Crippen molar-refractivity contribution in [3.63, 3.8) is 0 Å². The highest BCUT2D eigenvalue weighted by Crippen LogP contribution is 2.47. The third kappa shape index (κ3) is 4.66. The summed E-state index contributed by atoms with van der Waals surface area (Å²) in [4.78, 5) is 12.4. The number of allylic oxidation sites excluding steroid dienone is 2. The molecule has 0 aromatic heterocycles. The number of esters is 1. The zero-order valence-corrected chi connectivity index (χ0v) is 17.9. The van der Waals surface area contributed by atoms with E-state index < -0.39 is 11.8 Å². The van der Waals surface area contributed by atoms with Gasteiger partial charge in [0.05, 0.1) is 5.56 Å². The van der Waals surface area contributed by atoms with E-state index >= 15 is 0 Å². The minimum Gasteiger partial charge on any atom is -0.423 e. The summed E-state index contributed by atoms with van der Waals surface area (Å²) in [5.41, 5.74) is 2.10. The monoisotopic (exact) mass is 406 g/mol. The topological polar surface area (TPSA) is 26.3 Å². The number of benzene rings is 2. The molecule has 30 heavy (non-hydrogen) atoms. The molecule has 2 aliphatic rings. The van der Waals surface area contributed by atoms with E-state index in [4.69, 9.17) is 4.74 Å². The lowest BCUT2D eigenvalue weighted by Gasteiger charge is -2.41. The highest BCUT2D eigenvalue weighted by molar-refractivity contribution is 5.91. The maximum atomic E-state index is 14.8. The molecule has 2 aromatic rings. The number of aryl methyl sites for hydroxylation is 1. The van der Waals surface area contributed by atoms with Crippen molar-refractivity contribution in [2.45, 2.75) is 58.3 Å². The largest absolute Gasteiger partial charge is 0.423 e. The van der Waals surface area contributed by atoms with Gasteiger partial charge < -0.3 is 4.74 Å². The second kappa shape index (κ2) is 9.16. The van der Waals surface area contributed by atoms with Crippen LogP contribution in [0.2, 0.25) is 0 Å². The Morgan fingerprint density at radius 2 is 1.73 bits per heavy atom. The zero-order valence-electron chi connectivity index (χ0n) is 17.9. The average molecular weight is 407 g/mol. The highest BCUT2D eigenvalue weighted by Gasteiger charge is 2.35. The van der Waals surface area contributed by atoms with Gasteiger partial charge in [-0.05, 0) is 106 Å². The molecular formula is C27H31FO2. The first-order chi connectivity index (χ1) is 14.5. The van der Waals surface area contributed by atoms with E-state index in [-0.39, 0.29) is 5.56 Å². The molecule has 4 rings (SSSR count). The van der Waals surface area contributed by atoms with Crippen molar-refractivity contribution in [3.8, 4) is 5.75 Å². The molecule has 0 N–H and O–H groups in total. The van der Waals surface area contributed by atoms with Crippen molar-refractivity contribution in [3.05, 3.63) is 77.1 Å². The lowest BCUT2D eigenvalue weighted by Crippen LogP contribution is -2.30. The van der Waals surface area contributed by atoms with Crippen molar-refractivity contribution >= 4 is 5.97 Å². The predicted octanol–water partition coefficient (Wildman–Crippen LogP) is 7.23. The molecule has 2 saturated carbocycles. The fraction of sp³-hybridized carbons (Fsp3) is 0.444. The van der Waals surface area contributed by atoms with Crippen LogP contribution in [0.15, 0.2) is 54.6 Å². The van der Waals surface area contributed by atoms with Gasteiger partial charge >= 0.3 is 5.97 Å². The minimum absolute atomic E-state index is 0.000119. The second-order valence-corrected chi connectivity index (χ2v) is 9.07. The normalized spacial score (nSPS) is 26.4. The summed E-state index contributed by atoms with van der Waals surface area (Å²) in [5.74, 6) is 1.99. The molecule has 0 amide bonds. The van der Waals surface area contributed by atoms with Gasteiger partial charge in [0.25, 0.3) is 0 Å². The second-order valence-electron chi connectivity index (χ2n) is 9.07. The fourth-order valence-corrected chi connectivity index (χ4v) is 5.39. The van der Waals surface area contributed by atoms with Crippen LogP contribution in [0, 0.1) is 30.5 Å². The number of carbonyl (C=O) groups is 1. The number of halogens is 1. The van der Waals surface area contributed by atoms with Crippen LogP contribution in [-0.4, -0.2) is 5.97 Å². The van der Waals surface area contributed by atoms with Crippen molar-refractivity contribution in [2.75, 3.05) is 0 Å². The molecular weight excluding hydrogens is 375 g/mol. The number of hydrogen-bond acceptors (Lipinski definition) is 2. The van der Waals surface area contributed by atoms with E-state index in [2.05, 4.69) is 19.1 Å². The number of rotatable bonds is 4. The summed E-state index contributed by atoms with van der Waals surface area (Å²) in [7, 11) is 0. The molecule has 3 heteroatoms. The van der Waals surface area contributed by atoms with E-state index in [1.807, 2.05) is 25.1 Å². The van der Waals surface area contributed by atoms with Gasteiger partial charge in [-0.2, -0.15) is 0 Å². The molecule has 0 spiro atoms. The molecule has 0 saturated heterocycles. The van der Waals surface area contributed by atoms with Crippen LogP contribution in [0.25, 0.3) is 0 Å². The molecule has 2 aromatic carbocycles. The van der Waals surface area contributed by atoms with Crippen LogP contribution in [0.1, 0.15) is 72.9 Å². The highest BCUT2D eigenvalue weighted by atomic mass is 19.1. The molecule has 158 valence electrons. The van der Waals surface area contributed by atoms with E-state index in [9.17, 15) is 9.18 Å². The molecule has 4 atom stereocenters. The van der Waals surface area contributed by atoms with Gasteiger partial charge in [-0.25, -0.2) is 9.18 Å². The quantitative estimate of drug-likeness (QED) is 0.304. The summed E-state index contributed by atoms with van der Waals surface area (Å²) < 4.78 is 20.1. The van der Waals surface area contributed by atoms with Crippen LogP contribution in [-0.2, 0) is 0 Å². The van der Waals surface area contributed by atoms with Crippen LogP contribution in [0.5, 0.6) is 5.75 Å². The van der Waals surface area contributed by atoms with Crippen molar-refractivity contribution in [1.82, 2.24) is 0 Å². The van der Waals surface area contributed by atoms with Gasteiger partial charge in [0.2, 0.25) is 0 Å². The zero-order chi connectivity index (χ0) is 21.1. The van der Waals surface area contributed by atoms with Crippen molar-refractivity contribution < 1.29 is 13.9 Å². The Labute approximate surface area is 179 Å². The maximum absolute atomic E-state index is 14.8. The maximum Gasteiger partial charge on any atom is 0.346 e. The first-order valence-electron chi connectivity index (χ1n) is 11.2. The van der Waals surface area contributed by atoms with Crippen LogP contribution in [0.3, 0.4) is 0 Å². The third-order valence-corrected chi connectivity index (χ3v) is 7.03. The Bertz CT molecular complexity index is 915. The summed E-state index contributed by atoms with van der Waals surface area (Å²) >= 11 is 0. The number of hydrogen-bond donors (Lipinski definition) is 0. The Balaban J connectivity index is 1.41. The Kier molecular flexibility index (Phi) is 6.36. The standard InChI is InChI=1S/C27H31FO2/c1-3-4-19-7-8-21-16-22(10-9-20(21)15-19)23-11-14-25(26(28)17-23)27(29)30-24-12-5-18(2)6-13-24/h3-6,11-14,17,19-22H,7-10,15-16H2,1-2H3/b4-3+. The predicted molar refractivity (Wildman–Crippen MR) is 118 cm³/mol. The van der Waals surface area contributed by atoms with Gasteiger partial charge in [-0.1, -0.05) is 35.9 Å². The molecule has 2 nitrogen and oxygen atoms in total. The number of fused-ring (bicyclic) bond motifs is 1. The minimum atomic E-state index is -0.645. The smallest absolute Gasteiger partial charge is 0.346 e. The van der Waals surface area contributed by atoms with E-state index in [0.29, 0.717) is 11.7 Å². The summed E-state index contributed by atoms with van der Waals surface area (Å²) in [6, 6.07) is 12.3. The SMILES string of the molecule is C/C=C/C1CCC2CC(c3ccc(C(=O)Oc4ccc(C)cc4)c(F)c3)CCC2C1. The first kappa shape index (κ1) is 20.8. The molecule has 2 fully saturated rings. The molecule has 0 radical (unpaired) electrons. The van der Waals surface area contributed by atoms with Gasteiger partial charge in [-0.15, -0.1) is 0 Å². The lowest BCUT2D eigenvalue weighted by molar-refractivity contribution is 0.0729. The lowest BCUT2D eigenvalue weighted by atomic mass is 9.64. The van der Waals surface area contributed by atoms with E-state index in [1.165, 1.54) is 25.7 Å². The van der Waals surface area contributed by atoms with Gasteiger partial charge in [0.15, 0.2) is 0 Å². The molecule has 0 heterocycles. The number of carbonyl (C=O) groups excluding carboxylic acids is 1. The van der Waals surface area contributed by atoms with Gasteiger partial charge in [-0.3, -0.25) is 0 Å². The average Bonchev–Trinajstić information content (AvgIpc) is 2.75. The summed E-state index contributed by atoms with van der Waals surface area (Å²) in [6.45, 7) is 4.07. The summed E-state index contributed by atoms with van der Waals surface area (Å²) in [6.07, 6.45) is 11.9. The third-order valence-electron chi connectivity index (χ3n) is 7.03.